The molecule has 0 aliphatic rings. The van der Waals surface area contributed by atoms with Crippen LogP contribution in [-0.2, 0) is 5.67 Å². The number of nitrogens with zero attached hydrogens (tertiary/aromatic N) is 1. The van der Waals surface area contributed by atoms with Crippen LogP contribution in [0, 0.1) is 6.57 Å². The van der Waals surface area contributed by atoms with Crippen LogP contribution in [0.3, 0.4) is 0 Å². The Hall–Kier alpha value is -1.36. The highest BCUT2D eigenvalue weighted by atomic mass is 19.1. The smallest absolute Gasteiger partial charge is 0.187 e. The van der Waals surface area contributed by atoms with Crippen molar-refractivity contribution in [3.8, 4) is 0 Å². The second kappa shape index (κ2) is 2.94. The van der Waals surface area contributed by atoms with Crippen molar-refractivity contribution in [3.05, 3.63) is 41.2 Å². The summed E-state index contributed by atoms with van der Waals surface area (Å²) in [6.45, 7) is 9.70. The molecule has 1 rings (SSSR count). The largest absolute Gasteiger partial charge is 0.239 e. The van der Waals surface area contributed by atoms with Crippen LogP contribution in [0.4, 0.5) is 10.1 Å². The van der Waals surface area contributed by atoms with Gasteiger partial charge in [-0.15, -0.1) is 0 Å². The molecule has 1 nitrogen and oxygen atoms in total. The van der Waals surface area contributed by atoms with Gasteiger partial charge in [-0.2, -0.15) is 0 Å². The van der Waals surface area contributed by atoms with Crippen molar-refractivity contribution in [2.45, 2.75) is 19.5 Å². The predicted octanol–water partition coefficient (Wildman–Crippen LogP) is 3.44. The molecule has 0 aromatic heterocycles. The van der Waals surface area contributed by atoms with Gasteiger partial charge in [0.2, 0.25) is 0 Å². The second-order valence-corrected chi connectivity index (χ2v) is 3.13. The molecule has 0 heterocycles. The first-order valence-corrected chi connectivity index (χ1v) is 3.71. The van der Waals surface area contributed by atoms with Crippen molar-refractivity contribution < 1.29 is 4.39 Å². The van der Waals surface area contributed by atoms with Gasteiger partial charge in [0.05, 0.1) is 6.57 Å². The monoisotopic (exact) mass is 163 g/mol. The quantitative estimate of drug-likeness (QED) is 0.558. The molecule has 0 N–H and O–H groups in total. The summed E-state index contributed by atoms with van der Waals surface area (Å²) in [5, 5.41) is 0. The minimum Gasteiger partial charge on any atom is -0.239 e. The van der Waals surface area contributed by atoms with Crippen molar-refractivity contribution >= 4 is 5.69 Å². The number of benzene rings is 1. The fourth-order valence-electron chi connectivity index (χ4n) is 0.932. The van der Waals surface area contributed by atoms with E-state index in [1.54, 1.807) is 24.3 Å². The maximum atomic E-state index is 13.3. The SMILES string of the molecule is [C-]#[N+]c1ccc(C(C)(C)F)cc1. The van der Waals surface area contributed by atoms with Gasteiger partial charge in [0.1, 0.15) is 5.67 Å². The first-order valence-electron chi connectivity index (χ1n) is 3.71. The third kappa shape index (κ3) is 1.82. The lowest BCUT2D eigenvalue weighted by Crippen LogP contribution is -2.07. The van der Waals surface area contributed by atoms with E-state index in [1.807, 2.05) is 0 Å². The van der Waals surface area contributed by atoms with E-state index in [-0.39, 0.29) is 0 Å². The molecule has 0 saturated heterocycles. The Balaban J connectivity index is 3.02. The van der Waals surface area contributed by atoms with Crippen LogP contribution in [0.2, 0.25) is 0 Å². The summed E-state index contributed by atoms with van der Waals surface area (Å²) in [6, 6.07) is 6.55. The van der Waals surface area contributed by atoms with Crippen LogP contribution in [0.1, 0.15) is 19.4 Å². The standard InChI is InChI=1S/C10H10FN/c1-10(2,11)8-4-6-9(12-3)7-5-8/h4-7H,1-2H3. The lowest BCUT2D eigenvalue weighted by atomic mass is 10.0. The molecule has 0 atom stereocenters. The van der Waals surface area contributed by atoms with E-state index >= 15 is 0 Å². The van der Waals surface area contributed by atoms with E-state index in [2.05, 4.69) is 4.85 Å². The number of alkyl halides is 1. The normalized spacial score (nSPS) is 10.8. The number of halogens is 1. The lowest BCUT2D eigenvalue weighted by Gasteiger charge is -2.13. The highest BCUT2D eigenvalue weighted by Gasteiger charge is 2.17. The van der Waals surface area contributed by atoms with Crippen molar-refractivity contribution in [2.75, 3.05) is 0 Å². The second-order valence-electron chi connectivity index (χ2n) is 3.13. The fraction of sp³-hybridized carbons (Fsp3) is 0.300. The first kappa shape index (κ1) is 8.73. The summed E-state index contributed by atoms with van der Waals surface area (Å²) in [6.07, 6.45) is 0. The molecule has 2 heteroatoms. The molecule has 0 amide bonds. The molecule has 0 saturated carbocycles. The van der Waals surface area contributed by atoms with Gasteiger partial charge in [-0.05, 0) is 19.4 Å². The third-order valence-electron chi connectivity index (χ3n) is 1.68. The Kier molecular flexibility index (Phi) is 2.14. The zero-order chi connectivity index (χ0) is 9.19. The van der Waals surface area contributed by atoms with E-state index in [9.17, 15) is 4.39 Å². The van der Waals surface area contributed by atoms with Crippen LogP contribution in [0.25, 0.3) is 4.85 Å². The molecular formula is C10H10FN. The highest BCUT2D eigenvalue weighted by Crippen LogP contribution is 2.26. The Morgan fingerprint density at radius 3 is 2.08 bits per heavy atom. The molecule has 0 radical (unpaired) electrons. The summed E-state index contributed by atoms with van der Waals surface area (Å²) >= 11 is 0. The maximum absolute atomic E-state index is 13.3. The molecule has 0 aliphatic carbocycles. The third-order valence-corrected chi connectivity index (χ3v) is 1.68. The van der Waals surface area contributed by atoms with Crippen LogP contribution in [-0.4, -0.2) is 0 Å². The van der Waals surface area contributed by atoms with Gasteiger partial charge in [-0.1, -0.05) is 24.3 Å². The van der Waals surface area contributed by atoms with Crippen LogP contribution < -0.4 is 0 Å². The topological polar surface area (TPSA) is 4.36 Å². The van der Waals surface area contributed by atoms with Crippen molar-refractivity contribution in [2.24, 2.45) is 0 Å². The van der Waals surface area contributed by atoms with E-state index in [0.29, 0.717) is 11.3 Å². The van der Waals surface area contributed by atoms with Gasteiger partial charge in [0.25, 0.3) is 0 Å². The van der Waals surface area contributed by atoms with E-state index in [1.165, 1.54) is 13.8 Å². The van der Waals surface area contributed by atoms with Crippen molar-refractivity contribution in [1.82, 2.24) is 0 Å². The van der Waals surface area contributed by atoms with Crippen LogP contribution >= 0.6 is 0 Å². The molecular weight excluding hydrogens is 153 g/mol. The lowest BCUT2D eigenvalue weighted by molar-refractivity contribution is 0.221. The van der Waals surface area contributed by atoms with Gasteiger partial charge in [0.15, 0.2) is 5.69 Å². The molecule has 1 aromatic carbocycles. The van der Waals surface area contributed by atoms with Gasteiger partial charge < -0.3 is 0 Å². The Morgan fingerprint density at radius 1 is 1.25 bits per heavy atom. The van der Waals surface area contributed by atoms with Crippen LogP contribution in [0.15, 0.2) is 24.3 Å². The molecule has 1 aromatic rings. The summed E-state index contributed by atoms with van der Waals surface area (Å²) in [7, 11) is 0. The van der Waals surface area contributed by atoms with Gasteiger partial charge in [-0.25, -0.2) is 9.24 Å². The van der Waals surface area contributed by atoms with Gasteiger partial charge in [0, 0.05) is 0 Å². The Bertz CT molecular complexity index is 300. The minimum absolute atomic E-state index is 0.544. The first-order chi connectivity index (χ1) is 5.54. The highest BCUT2D eigenvalue weighted by molar-refractivity contribution is 5.46. The predicted molar refractivity (Wildman–Crippen MR) is 46.8 cm³/mol. The molecule has 0 aliphatic heterocycles. The summed E-state index contributed by atoms with van der Waals surface area (Å²) in [5.74, 6) is 0. The Morgan fingerprint density at radius 2 is 1.75 bits per heavy atom. The van der Waals surface area contributed by atoms with Crippen molar-refractivity contribution in [3.63, 3.8) is 0 Å². The number of rotatable bonds is 1. The number of hydrogen-bond acceptors (Lipinski definition) is 0. The summed E-state index contributed by atoms with van der Waals surface area (Å²) in [5.41, 5.74) is -0.168. The van der Waals surface area contributed by atoms with E-state index in [4.69, 9.17) is 6.57 Å². The van der Waals surface area contributed by atoms with E-state index < -0.39 is 5.67 Å². The average Bonchev–Trinajstić information content (AvgIpc) is 2.03. The summed E-state index contributed by atoms with van der Waals surface area (Å²) in [4.78, 5) is 3.22. The zero-order valence-electron chi connectivity index (χ0n) is 7.13. The van der Waals surface area contributed by atoms with Gasteiger partial charge in [-0.3, -0.25) is 0 Å². The molecule has 0 spiro atoms. The molecule has 0 unspecified atom stereocenters. The van der Waals surface area contributed by atoms with Gasteiger partial charge >= 0.3 is 0 Å². The number of hydrogen-bond donors (Lipinski definition) is 0. The molecule has 62 valence electrons. The molecule has 0 bridgehead atoms. The van der Waals surface area contributed by atoms with Crippen LogP contribution in [0.5, 0.6) is 0 Å². The fourth-order valence-corrected chi connectivity index (χ4v) is 0.932. The molecule has 12 heavy (non-hydrogen) atoms. The minimum atomic E-state index is -1.32. The average molecular weight is 163 g/mol. The van der Waals surface area contributed by atoms with Crippen molar-refractivity contribution in [1.29, 1.82) is 0 Å². The zero-order valence-corrected chi connectivity index (χ0v) is 7.13. The molecule has 0 fully saturated rings. The Labute approximate surface area is 71.7 Å². The van der Waals surface area contributed by atoms with E-state index in [0.717, 1.165) is 0 Å². The maximum Gasteiger partial charge on any atom is 0.187 e. The summed E-state index contributed by atoms with van der Waals surface area (Å²) < 4.78 is 13.3.